The van der Waals surface area contributed by atoms with Crippen molar-refractivity contribution in [2.45, 2.75) is 38.1 Å². The Labute approximate surface area is 208 Å². The van der Waals surface area contributed by atoms with E-state index in [0.717, 1.165) is 16.7 Å². The number of likely N-dealkylation sites (N-methyl/N-ethyl adjacent to an activating group) is 1. The van der Waals surface area contributed by atoms with Gasteiger partial charge in [-0.25, -0.2) is 4.79 Å². The number of nitrogens with one attached hydrogen (secondary N) is 1. The summed E-state index contributed by atoms with van der Waals surface area (Å²) < 4.78 is 0. The molecule has 2 aromatic carbocycles. The molecule has 4 amide bonds. The van der Waals surface area contributed by atoms with Gasteiger partial charge in [0.2, 0.25) is 0 Å². The second-order valence-electron chi connectivity index (χ2n) is 10.0. The number of hydrogen-bond acceptors (Lipinski definition) is 4. The van der Waals surface area contributed by atoms with Crippen molar-refractivity contribution in [3.05, 3.63) is 71.3 Å². The van der Waals surface area contributed by atoms with Crippen LogP contribution < -0.4 is 5.32 Å². The van der Waals surface area contributed by atoms with Gasteiger partial charge < -0.3 is 15.1 Å². The average Bonchev–Trinajstić information content (AvgIpc) is 3.11. The summed E-state index contributed by atoms with van der Waals surface area (Å²) in [6.07, 6.45) is 2.62. The lowest BCUT2D eigenvalue weighted by Gasteiger charge is -2.41. The largest absolute Gasteiger partial charge is 0.339 e. The van der Waals surface area contributed by atoms with E-state index in [2.05, 4.69) is 17.4 Å². The van der Waals surface area contributed by atoms with Gasteiger partial charge in [-0.3, -0.25) is 14.5 Å². The van der Waals surface area contributed by atoms with Gasteiger partial charge in [0.1, 0.15) is 5.54 Å². The molecule has 2 fully saturated rings. The average molecular weight is 477 g/mol. The number of nitrogens with zero attached hydrogens (tertiary/aromatic N) is 3. The second-order valence-corrected chi connectivity index (χ2v) is 10.0. The third kappa shape index (κ3) is 5.25. The summed E-state index contributed by atoms with van der Waals surface area (Å²) in [5.74, 6) is -0.105. The fraction of sp³-hybridized carbons (Fsp3) is 0.464. The van der Waals surface area contributed by atoms with Gasteiger partial charge in [-0.1, -0.05) is 48.5 Å². The molecular weight excluding hydrogens is 440 g/mol. The molecule has 7 heteroatoms. The summed E-state index contributed by atoms with van der Waals surface area (Å²) in [5.41, 5.74) is 1.91. The van der Waals surface area contributed by atoms with Crippen LogP contribution in [0.3, 0.4) is 0 Å². The van der Waals surface area contributed by atoms with Crippen LogP contribution in [0.4, 0.5) is 4.79 Å². The maximum absolute atomic E-state index is 13.8. The Kier molecular flexibility index (Phi) is 7.55. The zero-order valence-electron chi connectivity index (χ0n) is 21.0. The van der Waals surface area contributed by atoms with E-state index >= 15 is 0 Å². The molecule has 0 radical (unpaired) electrons. The predicted octanol–water partition coefficient (Wildman–Crippen LogP) is 3.33. The lowest BCUT2D eigenvalue weighted by Crippen LogP contribution is -2.57. The van der Waals surface area contributed by atoms with Crippen molar-refractivity contribution in [2.24, 2.45) is 5.92 Å². The van der Waals surface area contributed by atoms with E-state index in [4.69, 9.17) is 0 Å². The zero-order chi connectivity index (χ0) is 25.0. The molecule has 2 saturated heterocycles. The van der Waals surface area contributed by atoms with Crippen molar-refractivity contribution >= 4 is 17.8 Å². The SMILES string of the molecule is Cc1ccccc1C(=O)N1CCC(C2(CCc3ccccc3)NC(=O)N(CCN(C)C)C2=O)CC1. The molecule has 2 aromatic rings. The molecule has 0 saturated carbocycles. The van der Waals surface area contributed by atoms with Gasteiger partial charge in [0.15, 0.2) is 0 Å². The first-order chi connectivity index (χ1) is 16.8. The van der Waals surface area contributed by atoms with Crippen LogP contribution in [0.5, 0.6) is 0 Å². The summed E-state index contributed by atoms with van der Waals surface area (Å²) in [5, 5.41) is 3.13. The summed E-state index contributed by atoms with van der Waals surface area (Å²) in [6.45, 7) is 4.10. The van der Waals surface area contributed by atoms with E-state index < -0.39 is 5.54 Å². The number of carbonyl (C=O) groups excluding carboxylic acids is 3. The normalized spacial score (nSPS) is 21.0. The minimum absolute atomic E-state index is 0.0204. The second kappa shape index (κ2) is 10.6. The number of urea groups is 1. The van der Waals surface area contributed by atoms with Crippen molar-refractivity contribution in [1.29, 1.82) is 0 Å². The van der Waals surface area contributed by atoms with E-state index in [0.29, 0.717) is 51.9 Å². The predicted molar refractivity (Wildman–Crippen MR) is 136 cm³/mol. The maximum atomic E-state index is 13.8. The number of carbonyl (C=O) groups is 3. The van der Waals surface area contributed by atoms with Crippen molar-refractivity contribution < 1.29 is 14.4 Å². The molecule has 0 bridgehead atoms. The molecule has 7 nitrogen and oxygen atoms in total. The minimum Gasteiger partial charge on any atom is -0.339 e. The fourth-order valence-corrected chi connectivity index (χ4v) is 5.34. The van der Waals surface area contributed by atoms with Crippen LogP contribution in [0.2, 0.25) is 0 Å². The first-order valence-corrected chi connectivity index (χ1v) is 12.5. The molecule has 0 aliphatic carbocycles. The zero-order valence-corrected chi connectivity index (χ0v) is 21.0. The fourth-order valence-electron chi connectivity index (χ4n) is 5.34. The lowest BCUT2D eigenvalue weighted by atomic mass is 9.74. The Hall–Kier alpha value is -3.19. The van der Waals surface area contributed by atoms with Crippen LogP contribution in [0, 0.1) is 12.8 Å². The number of aryl methyl sites for hydroxylation is 2. The molecule has 0 spiro atoms. The van der Waals surface area contributed by atoms with Crippen LogP contribution in [-0.4, -0.2) is 78.4 Å². The van der Waals surface area contributed by atoms with Crippen molar-refractivity contribution in [3.63, 3.8) is 0 Å². The molecule has 1 atom stereocenters. The van der Waals surface area contributed by atoms with Gasteiger partial charge in [0.05, 0.1) is 0 Å². The molecule has 1 unspecified atom stereocenters. The smallest absolute Gasteiger partial charge is 0.325 e. The Bertz CT molecular complexity index is 1060. The van der Waals surface area contributed by atoms with Gasteiger partial charge in [-0.2, -0.15) is 0 Å². The van der Waals surface area contributed by atoms with E-state index in [9.17, 15) is 14.4 Å². The molecule has 4 rings (SSSR count). The number of hydrogen-bond donors (Lipinski definition) is 1. The highest BCUT2D eigenvalue weighted by Crippen LogP contribution is 2.37. The topological polar surface area (TPSA) is 73.0 Å². The van der Waals surface area contributed by atoms with Gasteiger partial charge in [-0.15, -0.1) is 0 Å². The number of likely N-dealkylation sites (tertiary alicyclic amines) is 1. The minimum atomic E-state index is -0.933. The third-order valence-corrected chi connectivity index (χ3v) is 7.48. The third-order valence-electron chi connectivity index (χ3n) is 7.48. The molecule has 35 heavy (non-hydrogen) atoms. The first-order valence-electron chi connectivity index (χ1n) is 12.5. The quantitative estimate of drug-likeness (QED) is 0.593. The number of amides is 4. The van der Waals surface area contributed by atoms with Crippen LogP contribution in [-0.2, 0) is 11.2 Å². The van der Waals surface area contributed by atoms with Crippen molar-refractivity contribution in [3.8, 4) is 0 Å². The molecule has 2 aliphatic heterocycles. The van der Waals surface area contributed by atoms with E-state index in [1.807, 2.05) is 73.3 Å². The van der Waals surface area contributed by atoms with E-state index in [-0.39, 0.29) is 23.8 Å². The van der Waals surface area contributed by atoms with Gasteiger partial charge in [-0.05, 0) is 69.8 Å². The molecule has 0 aromatic heterocycles. The molecule has 1 N–H and O–H groups in total. The lowest BCUT2D eigenvalue weighted by molar-refractivity contribution is -0.134. The summed E-state index contributed by atoms with van der Waals surface area (Å²) in [7, 11) is 3.87. The maximum Gasteiger partial charge on any atom is 0.325 e. The number of rotatable bonds is 8. The van der Waals surface area contributed by atoms with E-state index in [1.165, 1.54) is 4.90 Å². The molecule has 2 heterocycles. The summed E-state index contributed by atoms with van der Waals surface area (Å²) in [4.78, 5) is 45.1. The van der Waals surface area contributed by atoms with Gasteiger partial charge in [0, 0.05) is 31.7 Å². The highest BCUT2D eigenvalue weighted by Gasteiger charge is 2.55. The highest BCUT2D eigenvalue weighted by atomic mass is 16.2. The Morgan fingerprint density at radius 1 is 1.03 bits per heavy atom. The number of imide groups is 1. The standard InChI is InChI=1S/C28H36N4O3/c1-21-9-7-8-12-24(21)25(33)31-17-14-23(15-18-31)28(16-13-22-10-5-4-6-11-22)26(34)32(27(35)29-28)20-19-30(2)3/h4-12,23H,13-20H2,1-3H3,(H,29,35). The number of piperidine rings is 1. The van der Waals surface area contributed by atoms with Gasteiger partial charge >= 0.3 is 6.03 Å². The van der Waals surface area contributed by atoms with Crippen LogP contribution in [0.15, 0.2) is 54.6 Å². The van der Waals surface area contributed by atoms with Crippen molar-refractivity contribution in [2.75, 3.05) is 40.3 Å². The molecule has 186 valence electrons. The summed E-state index contributed by atoms with van der Waals surface area (Å²) >= 11 is 0. The van der Waals surface area contributed by atoms with Crippen LogP contribution in [0.25, 0.3) is 0 Å². The number of benzene rings is 2. The van der Waals surface area contributed by atoms with Crippen molar-refractivity contribution in [1.82, 2.24) is 20.0 Å². The Morgan fingerprint density at radius 2 is 1.69 bits per heavy atom. The van der Waals surface area contributed by atoms with Crippen LogP contribution in [0.1, 0.15) is 40.7 Å². The Balaban J connectivity index is 1.52. The van der Waals surface area contributed by atoms with E-state index in [1.54, 1.807) is 0 Å². The summed E-state index contributed by atoms with van der Waals surface area (Å²) in [6, 6.07) is 17.4. The molecule has 2 aliphatic rings. The molecular formula is C28H36N4O3. The van der Waals surface area contributed by atoms with Crippen LogP contribution >= 0.6 is 0 Å². The monoisotopic (exact) mass is 476 g/mol. The Morgan fingerprint density at radius 3 is 2.34 bits per heavy atom. The first kappa shape index (κ1) is 24.9. The van der Waals surface area contributed by atoms with Gasteiger partial charge in [0.25, 0.3) is 11.8 Å². The highest BCUT2D eigenvalue weighted by molar-refractivity contribution is 6.07.